The summed E-state index contributed by atoms with van der Waals surface area (Å²) in [6.07, 6.45) is -1.33. The summed E-state index contributed by atoms with van der Waals surface area (Å²) in [6.45, 7) is 0. The number of aliphatic hydroxyl groups is 1. The van der Waals surface area contributed by atoms with Crippen LogP contribution in [0, 0.1) is 11.6 Å². The minimum atomic E-state index is -1.33. The summed E-state index contributed by atoms with van der Waals surface area (Å²) in [5.74, 6) is -0.546. The van der Waals surface area contributed by atoms with Crippen molar-refractivity contribution in [3.8, 4) is 11.5 Å². The molecule has 0 fully saturated rings. The molecule has 0 aliphatic carbocycles. The molecule has 0 saturated carbocycles. The summed E-state index contributed by atoms with van der Waals surface area (Å²) in [5, 5.41) is 10.2. The van der Waals surface area contributed by atoms with Crippen LogP contribution in [0.4, 0.5) is 8.78 Å². The van der Waals surface area contributed by atoms with Crippen LogP contribution < -0.4 is 9.47 Å². The van der Waals surface area contributed by atoms with Crippen LogP contribution in [0.5, 0.6) is 11.5 Å². The van der Waals surface area contributed by atoms with Crippen molar-refractivity contribution in [3.05, 3.63) is 59.2 Å². The van der Waals surface area contributed by atoms with E-state index in [0.29, 0.717) is 5.75 Å². The standard InChI is InChI=1S/C15H14F2O3/c1-19-10-4-5-11(13(17)8-10)15(18)12-7-9(16)3-6-14(12)20-2/h3-8,15,18H,1-2H3. The van der Waals surface area contributed by atoms with Crippen molar-refractivity contribution in [1.29, 1.82) is 0 Å². The van der Waals surface area contributed by atoms with Crippen molar-refractivity contribution in [2.24, 2.45) is 0 Å². The summed E-state index contributed by atoms with van der Waals surface area (Å²) in [7, 11) is 2.81. The van der Waals surface area contributed by atoms with E-state index in [0.717, 1.165) is 12.1 Å². The van der Waals surface area contributed by atoms with Gasteiger partial charge in [0.05, 0.1) is 14.2 Å². The fraction of sp³-hybridized carbons (Fsp3) is 0.200. The van der Waals surface area contributed by atoms with Gasteiger partial charge >= 0.3 is 0 Å². The number of halogens is 2. The van der Waals surface area contributed by atoms with Gasteiger partial charge in [0.1, 0.15) is 29.2 Å². The highest BCUT2D eigenvalue weighted by Gasteiger charge is 2.20. The summed E-state index contributed by atoms with van der Waals surface area (Å²) < 4.78 is 37.2. The predicted molar refractivity (Wildman–Crippen MR) is 70.0 cm³/mol. The highest BCUT2D eigenvalue weighted by atomic mass is 19.1. The van der Waals surface area contributed by atoms with E-state index < -0.39 is 17.7 Å². The molecule has 2 rings (SSSR count). The number of hydrogen-bond acceptors (Lipinski definition) is 3. The lowest BCUT2D eigenvalue weighted by Crippen LogP contribution is -2.05. The Balaban J connectivity index is 2.45. The van der Waals surface area contributed by atoms with Gasteiger partial charge in [0.15, 0.2) is 0 Å². The highest BCUT2D eigenvalue weighted by Crippen LogP contribution is 2.32. The van der Waals surface area contributed by atoms with Crippen LogP contribution in [0.1, 0.15) is 17.2 Å². The van der Waals surface area contributed by atoms with Gasteiger partial charge in [-0.2, -0.15) is 0 Å². The van der Waals surface area contributed by atoms with E-state index in [1.165, 1.54) is 38.5 Å². The zero-order valence-corrected chi connectivity index (χ0v) is 11.1. The van der Waals surface area contributed by atoms with Crippen LogP contribution in [0.2, 0.25) is 0 Å². The monoisotopic (exact) mass is 280 g/mol. The summed E-state index contributed by atoms with van der Waals surface area (Å²) >= 11 is 0. The van der Waals surface area contributed by atoms with E-state index in [1.54, 1.807) is 0 Å². The molecule has 2 aromatic carbocycles. The molecule has 0 heterocycles. The number of rotatable bonds is 4. The van der Waals surface area contributed by atoms with E-state index in [4.69, 9.17) is 9.47 Å². The lowest BCUT2D eigenvalue weighted by atomic mass is 10.00. The van der Waals surface area contributed by atoms with Crippen molar-refractivity contribution in [2.75, 3.05) is 14.2 Å². The summed E-state index contributed by atoms with van der Waals surface area (Å²) in [5.41, 5.74) is 0.186. The van der Waals surface area contributed by atoms with E-state index in [1.807, 2.05) is 0 Å². The average Bonchev–Trinajstić information content (AvgIpc) is 2.46. The van der Waals surface area contributed by atoms with Crippen LogP contribution in [0.3, 0.4) is 0 Å². The van der Waals surface area contributed by atoms with Crippen LogP contribution >= 0.6 is 0 Å². The minimum Gasteiger partial charge on any atom is -0.497 e. The molecule has 1 atom stereocenters. The van der Waals surface area contributed by atoms with Crippen molar-refractivity contribution >= 4 is 0 Å². The van der Waals surface area contributed by atoms with Gasteiger partial charge in [-0.25, -0.2) is 8.78 Å². The van der Waals surface area contributed by atoms with Crippen molar-refractivity contribution in [3.63, 3.8) is 0 Å². The Kier molecular flexibility index (Phi) is 4.20. The van der Waals surface area contributed by atoms with Gasteiger partial charge in [-0.1, -0.05) is 0 Å². The average molecular weight is 280 g/mol. The second-order valence-corrected chi connectivity index (χ2v) is 4.18. The maximum atomic E-state index is 13.9. The molecule has 5 heteroatoms. The lowest BCUT2D eigenvalue weighted by Gasteiger charge is -2.16. The number of benzene rings is 2. The molecule has 0 aliphatic rings. The largest absolute Gasteiger partial charge is 0.497 e. The molecule has 106 valence electrons. The van der Waals surface area contributed by atoms with Crippen LogP contribution in [-0.2, 0) is 0 Å². The van der Waals surface area contributed by atoms with Gasteiger partial charge in [0.2, 0.25) is 0 Å². The molecule has 0 aliphatic heterocycles. The maximum absolute atomic E-state index is 13.9. The molecule has 1 N–H and O–H groups in total. The summed E-state index contributed by atoms with van der Waals surface area (Å²) in [6, 6.07) is 7.78. The molecule has 0 spiro atoms. The van der Waals surface area contributed by atoms with E-state index >= 15 is 0 Å². The Morgan fingerprint density at radius 3 is 2.30 bits per heavy atom. The first kappa shape index (κ1) is 14.3. The van der Waals surface area contributed by atoms with Gasteiger partial charge in [0, 0.05) is 17.2 Å². The Bertz CT molecular complexity index is 614. The zero-order chi connectivity index (χ0) is 14.7. The molecule has 0 amide bonds. The first-order valence-corrected chi connectivity index (χ1v) is 5.91. The number of aliphatic hydroxyl groups excluding tert-OH is 1. The number of hydrogen-bond donors (Lipinski definition) is 1. The SMILES string of the molecule is COc1ccc(C(O)c2cc(F)ccc2OC)c(F)c1. The zero-order valence-electron chi connectivity index (χ0n) is 11.1. The molecular weight excluding hydrogens is 266 g/mol. The van der Waals surface area contributed by atoms with Gasteiger partial charge in [-0.3, -0.25) is 0 Å². The molecular formula is C15H14F2O3. The molecule has 3 nitrogen and oxygen atoms in total. The van der Waals surface area contributed by atoms with Crippen LogP contribution in [0.25, 0.3) is 0 Å². The third-order valence-electron chi connectivity index (χ3n) is 2.99. The minimum absolute atomic E-state index is 0.0229. The molecule has 0 bridgehead atoms. The molecule has 0 aromatic heterocycles. The number of ether oxygens (including phenoxy) is 2. The molecule has 0 radical (unpaired) electrons. The van der Waals surface area contributed by atoms with E-state index in [9.17, 15) is 13.9 Å². The van der Waals surface area contributed by atoms with Crippen LogP contribution in [-0.4, -0.2) is 19.3 Å². The molecule has 2 aromatic rings. The number of methoxy groups -OCH3 is 2. The smallest absolute Gasteiger partial charge is 0.133 e. The van der Waals surface area contributed by atoms with Gasteiger partial charge in [0.25, 0.3) is 0 Å². The third kappa shape index (κ3) is 2.72. The van der Waals surface area contributed by atoms with E-state index in [-0.39, 0.29) is 16.9 Å². The topological polar surface area (TPSA) is 38.7 Å². The Morgan fingerprint density at radius 1 is 0.950 bits per heavy atom. The van der Waals surface area contributed by atoms with Gasteiger partial charge in [-0.15, -0.1) is 0 Å². The maximum Gasteiger partial charge on any atom is 0.133 e. The van der Waals surface area contributed by atoms with Gasteiger partial charge in [-0.05, 0) is 30.3 Å². The fourth-order valence-corrected chi connectivity index (χ4v) is 1.94. The van der Waals surface area contributed by atoms with Crippen LogP contribution in [0.15, 0.2) is 36.4 Å². The summed E-state index contributed by atoms with van der Waals surface area (Å²) in [4.78, 5) is 0. The van der Waals surface area contributed by atoms with Crippen molar-refractivity contribution in [1.82, 2.24) is 0 Å². The predicted octanol–water partition coefficient (Wildman–Crippen LogP) is 3.06. The molecule has 20 heavy (non-hydrogen) atoms. The third-order valence-corrected chi connectivity index (χ3v) is 2.99. The Labute approximate surface area is 115 Å². The van der Waals surface area contributed by atoms with E-state index in [2.05, 4.69) is 0 Å². The second-order valence-electron chi connectivity index (χ2n) is 4.18. The molecule has 1 unspecified atom stereocenters. The van der Waals surface area contributed by atoms with Crippen molar-refractivity contribution in [2.45, 2.75) is 6.10 Å². The lowest BCUT2D eigenvalue weighted by molar-refractivity contribution is 0.209. The fourth-order valence-electron chi connectivity index (χ4n) is 1.94. The highest BCUT2D eigenvalue weighted by molar-refractivity contribution is 5.42. The normalized spacial score (nSPS) is 12.1. The first-order valence-electron chi connectivity index (χ1n) is 5.91. The molecule has 0 saturated heterocycles. The Morgan fingerprint density at radius 2 is 1.70 bits per heavy atom. The Hall–Kier alpha value is -2.14. The second kappa shape index (κ2) is 5.88. The first-order chi connectivity index (χ1) is 9.56. The quantitative estimate of drug-likeness (QED) is 0.935. The van der Waals surface area contributed by atoms with Crippen molar-refractivity contribution < 1.29 is 23.4 Å². The van der Waals surface area contributed by atoms with Gasteiger partial charge < -0.3 is 14.6 Å².